The van der Waals surface area contributed by atoms with Crippen LogP contribution in [0.3, 0.4) is 0 Å². The molecule has 23 heavy (non-hydrogen) atoms. The SMILES string of the molecule is NC(=O)COc1ccc2c(c1)OC(=Cc1ccccc1F)C2=O. The highest BCUT2D eigenvalue weighted by Gasteiger charge is 2.28. The predicted octanol–water partition coefficient (Wildman–Crippen LogP) is 2.31. The van der Waals surface area contributed by atoms with Gasteiger partial charge < -0.3 is 15.2 Å². The van der Waals surface area contributed by atoms with Crippen LogP contribution in [0.4, 0.5) is 4.39 Å². The number of Topliss-reactive ketones (excluding diaryl/α,β-unsaturated/α-hetero) is 1. The molecule has 0 spiro atoms. The fourth-order valence-electron chi connectivity index (χ4n) is 2.14. The van der Waals surface area contributed by atoms with Gasteiger partial charge >= 0.3 is 0 Å². The molecule has 0 atom stereocenters. The molecular weight excluding hydrogens is 301 g/mol. The van der Waals surface area contributed by atoms with Gasteiger partial charge in [0.25, 0.3) is 5.91 Å². The van der Waals surface area contributed by atoms with Crippen molar-refractivity contribution in [2.75, 3.05) is 6.61 Å². The zero-order valence-electron chi connectivity index (χ0n) is 11.9. The predicted molar refractivity (Wildman–Crippen MR) is 80.5 cm³/mol. The first kappa shape index (κ1) is 14.8. The Hall–Kier alpha value is -3.15. The molecule has 3 rings (SSSR count). The summed E-state index contributed by atoms with van der Waals surface area (Å²) in [7, 11) is 0. The molecule has 2 aromatic rings. The first-order valence-corrected chi connectivity index (χ1v) is 6.78. The van der Waals surface area contributed by atoms with Gasteiger partial charge in [-0.05, 0) is 24.3 Å². The topological polar surface area (TPSA) is 78.6 Å². The number of primary amides is 1. The Kier molecular flexibility index (Phi) is 3.80. The van der Waals surface area contributed by atoms with Crippen LogP contribution in [0, 0.1) is 5.82 Å². The zero-order chi connectivity index (χ0) is 16.4. The van der Waals surface area contributed by atoms with Gasteiger partial charge in [0.15, 0.2) is 12.4 Å². The summed E-state index contributed by atoms with van der Waals surface area (Å²) in [6.07, 6.45) is 1.35. The van der Waals surface area contributed by atoms with Gasteiger partial charge in [-0.1, -0.05) is 18.2 Å². The molecule has 6 heteroatoms. The van der Waals surface area contributed by atoms with Gasteiger partial charge in [-0.15, -0.1) is 0 Å². The summed E-state index contributed by atoms with van der Waals surface area (Å²) in [4.78, 5) is 23.0. The third kappa shape index (κ3) is 3.06. The molecule has 0 fully saturated rings. The molecule has 1 heterocycles. The highest BCUT2D eigenvalue weighted by molar-refractivity contribution is 6.14. The number of carbonyl (C=O) groups excluding carboxylic acids is 2. The maximum absolute atomic E-state index is 13.7. The van der Waals surface area contributed by atoms with E-state index in [1.165, 1.54) is 30.3 Å². The lowest BCUT2D eigenvalue weighted by Gasteiger charge is -2.04. The van der Waals surface area contributed by atoms with Gasteiger partial charge in [0.1, 0.15) is 17.3 Å². The number of hydrogen-bond acceptors (Lipinski definition) is 4. The van der Waals surface area contributed by atoms with Crippen LogP contribution in [-0.4, -0.2) is 18.3 Å². The van der Waals surface area contributed by atoms with Crippen molar-refractivity contribution in [1.29, 1.82) is 0 Å². The van der Waals surface area contributed by atoms with E-state index in [4.69, 9.17) is 15.2 Å². The molecule has 0 saturated heterocycles. The van der Waals surface area contributed by atoms with E-state index in [0.717, 1.165) is 0 Å². The minimum Gasteiger partial charge on any atom is -0.484 e. The number of nitrogens with two attached hydrogens (primary N) is 1. The third-order valence-electron chi connectivity index (χ3n) is 3.21. The van der Waals surface area contributed by atoms with Crippen LogP contribution in [0.25, 0.3) is 6.08 Å². The molecule has 0 bridgehead atoms. The molecule has 2 aromatic carbocycles. The third-order valence-corrected chi connectivity index (χ3v) is 3.21. The van der Waals surface area contributed by atoms with Gasteiger partial charge in [-0.25, -0.2) is 4.39 Å². The molecule has 0 radical (unpaired) electrons. The number of carbonyl (C=O) groups is 2. The number of amides is 1. The average Bonchev–Trinajstić information content (AvgIpc) is 2.83. The van der Waals surface area contributed by atoms with Crippen molar-refractivity contribution in [3.8, 4) is 11.5 Å². The standard InChI is InChI=1S/C17H12FNO4/c18-13-4-2-1-3-10(13)7-15-17(21)12-6-5-11(8-14(12)23-15)22-9-16(19)20/h1-8H,9H2,(H2,19,20). The first-order valence-electron chi connectivity index (χ1n) is 6.78. The summed E-state index contributed by atoms with van der Waals surface area (Å²) in [5.74, 6) is -0.732. The highest BCUT2D eigenvalue weighted by Crippen LogP contribution is 2.35. The van der Waals surface area contributed by atoms with Crippen LogP contribution in [0.5, 0.6) is 11.5 Å². The zero-order valence-corrected chi connectivity index (χ0v) is 11.9. The van der Waals surface area contributed by atoms with E-state index in [1.807, 2.05) is 0 Å². The summed E-state index contributed by atoms with van der Waals surface area (Å²) >= 11 is 0. The second-order valence-corrected chi connectivity index (χ2v) is 4.87. The molecular formula is C17H12FNO4. The summed E-state index contributed by atoms with van der Waals surface area (Å²) in [5.41, 5.74) is 5.61. The number of ether oxygens (including phenoxy) is 2. The van der Waals surface area contributed by atoms with E-state index < -0.39 is 11.7 Å². The Morgan fingerprint density at radius 3 is 2.78 bits per heavy atom. The Balaban J connectivity index is 1.87. The average molecular weight is 313 g/mol. The van der Waals surface area contributed by atoms with Crippen LogP contribution >= 0.6 is 0 Å². The smallest absolute Gasteiger partial charge is 0.255 e. The number of fused-ring (bicyclic) bond motifs is 1. The highest BCUT2D eigenvalue weighted by atomic mass is 19.1. The van der Waals surface area contributed by atoms with Gasteiger partial charge in [-0.2, -0.15) is 0 Å². The molecule has 1 amide bonds. The Morgan fingerprint density at radius 2 is 2.04 bits per heavy atom. The minimum atomic E-state index is -0.609. The van der Waals surface area contributed by atoms with Crippen molar-refractivity contribution < 1.29 is 23.5 Å². The molecule has 1 aliphatic heterocycles. The van der Waals surface area contributed by atoms with Gasteiger partial charge in [0.2, 0.25) is 5.78 Å². The van der Waals surface area contributed by atoms with E-state index in [2.05, 4.69) is 0 Å². The molecule has 116 valence electrons. The lowest BCUT2D eigenvalue weighted by Crippen LogP contribution is -2.19. The van der Waals surface area contributed by atoms with Crippen molar-refractivity contribution in [3.63, 3.8) is 0 Å². The minimum absolute atomic E-state index is 0.0251. The second kappa shape index (κ2) is 5.92. The summed E-state index contributed by atoms with van der Waals surface area (Å²) in [6.45, 7) is -0.273. The van der Waals surface area contributed by atoms with E-state index in [0.29, 0.717) is 17.1 Å². The Bertz CT molecular complexity index is 829. The van der Waals surface area contributed by atoms with Gasteiger partial charge in [-0.3, -0.25) is 9.59 Å². The Labute approximate surface area is 131 Å². The fourth-order valence-corrected chi connectivity index (χ4v) is 2.14. The fraction of sp³-hybridized carbons (Fsp3) is 0.0588. The van der Waals surface area contributed by atoms with Gasteiger partial charge in [0, 0.05) is 11.6 Å². The maximum Gasteiger partial charge on any atom is 0.255 e. The van der Waals surface area contributed by atoms with Crippen molar-refractivity contribution in [2.24, 2.45) is 5.73 Å². The van der Waals surface area contributed by atoms with E-state index in [9.17, 15) is 14.0 Å². The van der Waals surface area contributed by atoms with Crippen LogP contribution < -0.4 is 15.2 Å². The quantitative estimate of drug-likeness (QED) is 0.879. The molecule has 0 aromatic heterocycles. The number of allylic oxidation sites excluding steroid dienone is 1. The number of ketones is 1. The summed E-state index contributed by atoms with van der Waals surface area (Å²) in [6, 6.07) is 10.6. The molecule has 2 N–H and O–H groups in total. The number of hydrogen-bond donors (Lipinski definition) is 1. The van der Waals surface area contributed by atoms with Crippen molar-refractivity contribution in [3.05, 3.63) is 65.2 Å². The van der Waals surface area contributed by atoms with Crippen molar-refractivity contribution in [2.45, 2.75) is 0 Å². The van der Waals surface area contributed by atoms with Crippen LogP contribution in [-0.2, 0) is 4.79 Å². The van der Waals surface area contributed by atoms with E-state index in [-0.39, 0.29) is 23.7 Å². The van der Waals surface area contributed by atoms with Crippen molar-refractivity contribution in [1.82, 2.24) is 0 Å². The monoisotopic (exact) mass is 313 g/mol. The first-order chi connectivity index (χ1) is 11.0. The lowest BCUT2D eigenvalue weighted by atomic mass is 10.1. The van der Waals surface area contributed by atoms with Crippen molar-refractivity contribution >= 4 is 17.8 Å². The molecule has 5 nitrogen and oxygen atoms in total. The van der Waals surface area contributed by atoms with Crippen LogP contribution in [0.2, 0.25) is 0 Å². The number of rotatable bonds is 4. The van der Waals surface area contributed by atoms with E-state index >= 15 is 0 Å². The normalized spacial score (nSPS) is 14.5. The lowest BCUT2D eigenvalue weighted by molar-refractivity contribution is -0.119. The molecule has 0 unspecified atom stereocenters. The van der Waals surface area contributed by atoms with Crippen LogP contribution in [0.1, 0.15) is 15.9 Å². The van der Waals surface area contributed by atoms with Crippen LogP contribution in [0.15, 0.2) is 48.2 Å². The summed E-state index contributed by atoms with van der Waals surface area (Å²) in [5, 5.41) is 0. The summed E-state index contributed by atoms with van der Waals surface area (Å²) < 4.78 is 24.3. The Morgan fingerprint density at radius 1 is 1.26 bits per heavy atom. The van der Waals surface area contributed by atoms with Gasteiger partial charge in [0.05, 0.1) is 5.56 Å². The number of benzene rings is 2. The van der Waals surface area contributed by atoms with E-state index in [1.54, 1.807) is 18.2 Å². The maximum atomic E-state index is 13.7. The number of halogens is 1. The molecule has 1 aliphatic rings. The second-order valence-electron chi connectivity index (χ2n) is 4.87. The molecule has 0 aliphatic carbocycles. The largest absolute Gasteiger partial charge is 0.484 e. The molecule has 0 saturated carbocycles.